The van der Waals surface area contributed by atoms with Crippen molar-refractivity contribution >= 4 is 5.97 Å². The van der Waals surface area contributed by atoms with Crippen molar-refractivity contribution in [1.29, 1.82) is 0 Å². The van der Waals surface area contributed by atoms with E-state index in [1.165, 1.54) is 0 Å². The molecule has 1 heterocycles. The number of hydrazine groups is 1. The van der Waals surface area contributed by atoms with Gasteiger partial charge in [-0.05, 0) is 5.92 Å². The standard InChI is InChI=1S/C9H15F3N2O2/c1-5(2)4-16-8(15)6-3-7(14-13-6)9(10,11)12/h5-7,13-14H,3-4H2,1-2H3. The van der Waals surface area contributed by atoms with E-state index < -0.39 is 24.2 Å². The van der Waals surface area contributed by atoms with E-state index in [1.807, 2.05) is 19.3 Å². The molecule has 1 rings (SSSR count). The minimum absolute atomic E-state index is 0.164. The number of hydrogen-bond donors (Lipinski definition) is 2. The van der Waals surface area contributed by atoms with Gasteiger partial charge in [0.25, 0.3) is 0 Å². The molecule has 16 heavy (non-hydrogen) atoms. The first-order chi connectivity index (χ1) is 7.30. The smallest absolute Gasteiger partial charge is 0.405 e. The van der Waals surface area contributed by atoms with Crippen LogP contribution in [0.2, 0.25) is 0 Å². The highest BCUT2D eigenvalue weighted by atomic mass is 19.4. The van der Waals surface area contributed by atoms with Crippen LogP contribution in [0.5, 0.6) is 0 Å². The summed E-state index contributed by atoms with van der Waals surface area (Å²) >= 11 is 0. The molecule has 0 aromatic rings. The maximum atomic E-state index is 12.3. The largest absolute Gasteiger partial charge is 0.464 e. The number of esters is 1. The fourth-order valence-electron chi connectivity index (χ4n) is 1.27. The summed E-state index contributed by atoms with van der Waals surface area (Å²) in [7, 11) is 0. The molecule has 0 aromatic heterocycles. The van der Waals surface area contributed by atoms with Crippen LogP contribution in [-0.4, -0.2) is 30.8 Å². The van der Waals surface area contributed by atoms with E-state index in [9.17, 15) is 18.0 Å². The van der Waals surface area contributed by atoms with Gasteiger partial charge in [-0.2, -0.15) is 13.2 Å². The second-order valence-corrected chi connectivity index (χ2v) is 4.20. The van der Waals surface area contributed by atoms with Crippen LogP contribution in [0.1, 0.15) is 20.3 Å². The average Bonchev–Trinajstić information content (AvgIpc) is 2.61. The lowest BCUT2D eigenvalue weighted by atomic mass is 10.1. The van der Waals surface area contributed by atoms with Crippen molar-refractivity contribution in [2.45, 2.75) is 38.5 Å². The van der Waals surface area contributed by atoms with Crippen LogP contribution in [0.25, 0.3) is 0 Å². The van der Waals surface area contributed by atoms with Crippen LogP contribution in [0.4, 0.5) is 13.2 Å². The number of hydrogen-bond acceptors (Lipinski definition) is 4. The second kappa shape index (κ2) is 5.01. The lowest BCUT2D eigenvalue weighted by Crippen LogP contribution is -2.42. The third-order valence-electron chi connectivity index (χ3n) is 2.14. The predicted molar refractivity (Wildman–Crippen MR) is 50.3 cm³/mol. The van der Waals surface area contributed by atoms with Crippen LogP contribution < -0.4 is 10.9 Å². The van der Waals surface area contributed by atoms with E-state index >= 15 is 0 Å². The zero-order valence-corrected chi connectivity index (χ0v) is 9.10. The second-order valence-electron chi connectivity index (χ2n) is 4.20. The number of carbonyl (C=O) groups excluding carboxylic acids is 1. The summed E-state index contributed by atoms with van der Waals surface area (Å²) in [5.41, 5.74) is 4.33. The molecule has 0 spiro atoms. The van der Waals surface area contributed by atoms with Gasteiger partial charge in [-0.25, -0.2) is 10.9 Å². The summed E-state index contributed by atoms with van der Waals surface area (Å²) in [4.78, 5) is 11.3. The van der Waals surface area contributed by atoms with Crippen molar-refractivity contribution in [3.05, 3.63) is 0 Å². The van der Waals surface area contributed by atoms with E-state index in [-0.39, 0.29) is 18.9 Å². The van der Waals surface area contributed by atoms with Crippen molar-refractivity contribution in [3.8, 4) is 0 Å². The van der Waals surface area contributed by atoms with Gasteiger partial charge in [0.15, 0.2) is 0 Å². The van der Waals surface area contributed by atoms with Gasteiger partial charge >= 0.3 is 12.1 Å². The van der Waals surface area contributed by atoms with Crippen LogP contribution in [-0.2, 0) is 9.53 Å². The molecule has 0 aromatic carbocycles. The maximum Gasteiger partial charge on any atom is 0.405 e. The van der Waals surface area contributed by atoms with E-state index in [1.54, 1.807) is 0 Å². The molecule has 1 aliphatic heterocycles. The molecule has 2 unspecified atom stereocenters. The van der Waals surface area contributed by atoms with Crippen molar-refractivity contribution in [2.75, 3.05) is 6.61 Å². The van der Waals surface area contributed by atoms with Gasteiger partial charge in [-0.3, -0.25) is 4.79 Å². The third-order valence-corrected chi connectivity index (χ3v) is 2.14. The molecule has 0 radical (unpaired) electrons. The van der Waals surface area contributed by atoms with Crippen LogP contribution in [0, 0.1) is 5.92 Å². The van der Waals surface area contributed by atoms with Gasteiger partial charge in [0.2, 0.25) is 0 Å². The Kier molecular flexibility index (Phi) is 4.15. The number of halogens is 3. The molecular formula is C9H15F3N2O2. The predicted octanol–water partition coefficient (Wildman–Crippen LogP) is 0.983. The Morgan fingerprint density at radius 3 is 2.50 bits per heavy atom. The molecule has 2 N–H and O–H groups in total. The highest BCUT2D eigenvalue weighted by Crippen LogP contribution is 2.25. The maximum absolute atomic E-state index is 12.3. The Bertz CT molecular complexity index is 256. The zero-order valence-electron chi connectivity index (χ0n) is 9.10. The van der Waals surface area contributed by atoms with Gasteiger partial charge in [-0.15, -0.1) is 0 Å². The Balaban J connectivity index is 2.38. The summed E-state index contributed by atoms with van der Waals surface area (Å²) in [5, 5.41) is 0. The molecule has 1 aliphatic rings. The Hall–Kier alpha value is -0.820. The first-order valence-corrected chi connectivity index (χ1v) is 5.05. The molecule has 0 saturated carbocycles. The minimum atomic E-state index is -4.35. The van der Waals surface area contributed by atoms with Crippen LogP contribution in [0.15, 0.2) is 0 Å². The molecule has 0 amide bonds. The topological polar surface area (TPSA) is 50.4 Å². The van der Waals surface area contributed by atoms with E-state index in [0.29, 0.717) is 0 Å². The lowest BCUT2D eigenvalue weighted by molar-refractivity contribution is -0.154. The Labute approximate surface area is 91.5 Å². The molecule has 2 atom stereocenters. The molecule has 1 fully saturated rings. The molecule has 4 nitrogen and oxygen atoms in total. The van der Waals surface area contributed by atoms with Crippen molar-refractivity contribution in [1.82, 2.24) is 10.9 Å². The number of nitrogens with one attached hydrogen (secondary N) is 2. The first kappa shape index (κ1) is 13.2. The average molecular weight is 240 g/mol. The number of alkyl halides is 3. The summed E-state index contributed by atoms with van der Waals surface area (Å²) < 4.78 is 41.6. The van der Waals surface area contributed by atoms with Crippen molar-refractivity contribution < 1.29 is 22.7 Å². The van der Waals surface area contributed by atoms with Crippen LogP contribution in [0.3, 0.4) is 0 Å². The number of carbonyl (C=O) groups is 1. The number of ether oxygens (including phenoxy) is 1. The zero-order chi connectivity index (χ0) is 12.3. The van der Waals surface area contributed by atoms with Gasteiger partial charge in [-0.1, -0.05) is 13.8 Å². The van der Waals surface area contributed by atoms with E-state index in [4.69, 9.17) is 4.74 Å². The first-order valence-electron chi connectivity index (χ1n) is 5.05. The fourth-order valence-corrected chi connectivity index (χ4v) is 1.27. The van der Waals surface area contributed by atoms with Gasteiger partial charge < -0.3 is 4.74 Å². The quantitative estimate of drug-likeness (QED) is 0.722. The van der Waals surface area contributed by atoms with Crippen molar-refractivity contribution in [2.24, 2.45) is 5.92 Å². The van der Waals surface area contributed by atoms with Gasteiger partial charge in [0, 0.05) is 6.42 Å². The fraction of sp³-hybridized carbons (Fsp3) is 0.889. The van der Waals surface area contributed by atoms with Crippen LogP contribution >= 0.6 is 0 Å². The summed E-state index contributed by atoms with van der Waals surface area (Å²) in [6, 6.07) is -2.62. The highest BCUT2D eigenvalue weighted by molar-refractivity contribution is 5.76. The van der Waals surface area contributed by atoms with Gasteiger partial charge in [0.1, 0.15) is 12.1 Å². The summed E-state index contributed by atoms with van der Waals surface area (Å²) in [5.74, 6) is -0.482. The molecule has 7 heteroatoms. The number of rotatable bonds is 3. The Morgan fingerprint density at radius 2 is 2.06 bits per heavy atom. The Morgan fingerprint density at radius 1 is 1.44 bits per heavy atom. The SMILES string of the molecule is CC(C)COC(=O)C1CC(C(F)(F)F)NN1. The monoisotopic (exact) mass is 240 g/mol. The molecule has 0 aliphatic carbocycles. The van der Waals surface area contributed by atoms with Gasteiger partial charge in [0.05, 0.1) is 6.61 Å². The molecular weight excluding hydrogens is 225 g/mol. The van der Waals surface area contributed by atoms with E-state index in [2.05, 4.69) is 5.43 Å². The molecule has 1 saturated heterocycles. The highest BCUT2D eigenvalue weighted by Gasteiger charge is 2.46. The van der Waals surface area contributed by atoms with Crippen molar-refractivity contribution in [3.63, 3.8) is 0 Å². The molecule has 0 bridgehead atoms. The normalized spacial score (nSPS) is 26.1. The molecule has 94 valence electrons. The minimum Gasteiger partial charge on any atom is -0.464 e. The summed E-state index contributed by atoms with van der Waals surface area (Å²) in [6.45, 7) is 3.92. The third kappa shape index (κ3) is 3.64. The van der Waals surface area contributed by atoms with E-state index in [0.717, 1.165) is 0 Å². The lowest BCUT2D eigenvalue weighted by Gasteiger charge is -2.13. The summed E-state index contributed by atoms with van der Waals surface area (Å²) in [6.07, 6.45) is -4.68.